The molecule has 1 aromatic heterocycles. The number of halogens is 3. The number of fused-ring (bicyclic) bond motifs is 6. The number of pyridine rings is 1. The first kappa shape index (κ1) is 30.5. The van der Waals surface area contributed by atoms with Crippen LogP contribution in [0.5, 0.6) is 5.75 Å². The molecule has 242 valence electrons. The van der Waals surface area contributed by atoms with E-state index in [1.165, 1.54) is 14.5 Å². The number of carbonyl (C=O) groups is 3. The molecule has 3 amide bonds. The first-order valence-electron chi connectivity index (χ1n) is 15.1. The van der Waals surface area contributed by atoms with Gasteiger partial charge in [0.1, 0.15) is 28.6 Å². The van der Waals surface area contributed by atoms with E-state index in [1.807, 2.05) is 49.4 Å². The lowest BCUT2D eigenvalue weighted by atomic mass is 9.85. The van der Waals surface area contributed by atoms with E-state index in [9.17, 15) is 37.5 Å². The SMILES string of the molecule is C[C@H]1CC[C@]2(CC(=O)N(Cc3ccc4ccccc4c3)O2)[C@H]2CN1C(=O)c1c(O)c(=O)c(C(=O)NCc3c(F)cc(F)cc3F)cn12. The Labute approximate surface area is 265 Å². The van der Waals surface area contributed by atoms with Gasteiger partial charge in [-0.25, -0.2) is 18.2 Å². The van der Waals surface area contributed by atoms with E-state index in [2.05, 4.69) is 5.32 Å². The van der Waals surface area contributed by atoms with Crippen LogP contribution in [0.2, 0.25) is 0 Å². The van der Waals surface area contributed by atoms with Crippen molar-refractivity contribution in [3.05, 3.63) is 111 Å². The summed E-state index contributed by atoms with van der Waals surface area (Å²) in [6.45, 7) is 1.33. The molecule has 10 nitrogen and oxygen atoms in total. The van der Waals surface area contributed by atoms with Gasteiger partial charge in [0.05, 0.1) is 19.0 Å². The second kappa shape index (κ2) is 11.3. The number of aromatic nitrogens is 1. The maximum atomic E-state index is 14.2. The van der Waals surface area contributed by atoms with Gasteiger partial charge in [-0.15, -0.1) is 0 Å². The number of nitrogens with one attached hydrogen (secondary N) is 1. The zero-order valence-corrected chi connectivity index (χ0v) is 25.1. The van der Waals surface area contributed by atoms with Crippen molar-refractivity contribution in [3.8, 4) is 5.75 Å². The molecule has 2 N–H and O–H groups in total. The number of benzene rings is 3. The second-order valence-corrected chi connectivity index (χ2v) is 12.3. The minimum absolute atomic E-state index is 0.0586. The van der Waals surface area contributed by atoms with Crippen LogP contribution in [-0.2, 0) is 22.7 Å². The Morgan fingerprint density at radius 3 is 2.51 bits per heavy atom. The number of rotatable bonds is 5. The topological polar surface area (TPSA) is 121 Å². The van der Waals surface area contributed by atoms with Crippen molar-refractivity contribution in [1.82, 2.24) is 19.8 Å². The van der Waals surface area contributed by atoms with Crippen molar-refractivity contribution in [2.45, 2.75) is 57.0 Å². The molecular formula is C34H29F3N4O6. The summed E-state index contributed by atoms with van der Waals surface area (Å²) >= 11 is 0. The quantitative estimate of drug-likeness (QED) is 0.333. The predicted molar refractivity (Wildman–Crippen MR) is 162 cm³/mol. The van der Waals surface area contributed by atoms with Gasteiger partial charge in [0, 0.05) is 43.0 Å². The molecular weight excluding hydrogens is 617 g/mol. The second-order valence-electron chi connectivity index (χ2n) is 12.3. The third-order valence-electron chi connectivity index (χ3n) is 9.44. The van der Waals surface area contributed by atoms with Gasteiger partial charge in [0.2, 0.25) is 11.3 Å². The molecule has 3 aliphatic rings. The lowest BCUT2D eigenvalue weighted by Gasteiger charge is -2.42. The highest BCUT2D eigenvalue weighted by molar-refractivity contribution is 5.99. The summed E-state index contributed by atoms with van der Waals surface area (Å²) in [5, 5.41) is 16.6. The summed E-state index contributed by atoms with van der Waals surface area (Å²) in [4.78, 5) is 61.6. The lowest BCUT2D eigenvalue weighted by Crippen LogP contribution is -2.52. The molecule has 0 saturated carbocycles. The molecule has 0 unspecified atom stereocenters. The summed E-state index contributed by atoms with van der Waals surface area (Å²) in [6.07, 6.45) is 1.86. The Kier molecular flexibility index (Phi) is 7.31. The van der Waals surface area contributed by atoms with Gasteiger partial charge >= 0.3 is 0 Å². The van der Waals surface area contributed by atoms with E-state index < -0.39 is 69.8 Å². The molecule has 2 bridgehead atoms. The van der Waals surface area contributed by atoms with E-state index in [0.717, 1.165) is 22.5 Å². The van der Waals surface area contributed by atoms with E-state index >= 15 is 0 Å². The largest absolute Gasteiger partial charge is 0.503 e. The van der Waals surface area contributed by atoms with Crippen LogP contribution in [0.25, 0.3) is 10.8 Å². The van der Waals surface area contributed by atoms with Crippen molar-refractivity contribution < 1.29 is 37.5 Å². The molecule has 2 fully saturated rings. The van der Waals surface area contributed by atoms with Crippen molar-refractivity contribution in [3.63, 3.8) is 0 Å². The number of hydrogen-bond donors (Lipinski definition) is 2. The Morgan fingerprint density at radius 1 is 1.04 bits per heavy atom. The highest BCUT2D eigenvalue weighted by Gasteiger charge is 2.56. The van der Waals surface area contributed by atoms with Crippen LogP contribution in [0.15, 0.2) is 65.6 Å². The maximum Gasteiger partial charge on any atom is 0.274 e. The van der Waals surface area contributed by atoms with Crippen LogP contribution in [0, 0.1) is 17.5 Å². The molecule has 47 heavy (non-hydrogen) atoms. The number of hydrogen-bond acceptors (Lipinski definition) is 6. The molecule has 0 aliphatic carbocycles. The highest BCUT2D eigenvalue weighted by atomic mass is 19.1. The molecule has 0 radical (unpaired) electrons. The van der Waals surface area contributed by atoms with Crippen LogP contribution in [0.1, 0.15) is 64.2 Å². The Bertz CT molecular complexity index is 2030. The van der Waals surface area contributed by atoms with E-state index in [4.69, 9.17) is 4.84 Å². The van der Waals surface area contributed by atoms with Crippen molar-refractivity contribution >= 4 is 28.5 Å². The minimum atomic E-state index is -1.23. The van der Waals surface area contributed by atoms with Gasteiger partial charge in [-0.1, -0.05) is 36.4 Å². The van der Waals surface area contributed by atoms with Gasteiger partial charge < -0.3 is 19.9 Å². The number of nitrogens with zero attached hydrogens (tertiary/aromatic N) is 3. The minimum Gasteiger partial charge on any atom is -0.503 e. The summed E-state index contributed by atoms with van der Waals surface area (Å²) in [5.41, 5.74) is -3.09. The molecule has 13 heteroatoms. The molecule has 3 aromatic carbocycles. The fourth-order valence-electron chi connectivity index (χ4n) is 6.90. The van der Waals surface area contributed by atoms with E-state index in [1.54, 1.807) is 0 Å². The van der Waals surface area contributed by atoms with Crippen LogP contribution < -0.4 is 10.7 Å². The van der Waals surface area contributed by atoms with Crippen LogP contribution in [0.4, 0.5) is 13.2 Å². The average Bonchev–Trinajstić information content (AvgIpc) is 3.29. The van der Waals surface area contributed by atoms with Gasteiger partial charge in [-0.05, 0) is 42.2 Å². The third-order valence-corrected chi connectivity index (χ3v) is 9.44. The normalized spacial score (nSPS) is 22.1. The fourth-order valence-corrected chi connectivity index (χ4v) is 6.90. The average molecular weight is 647 g/mol. The smallest absolute Gasteiger partial charge is 0.274 e. The van der Waals surface area contributed by atoms with Gasteiger partial charge in [0.25, 0.3) is 11.8 Å². The number of aromatic hydroxyl groups is 1. The molecule has 4 heterocycles. The number of carbonyl (C=O) groups excluding carboxylic acids is 3. The Morgan fingerprint density at radius 2 is 1.77 bits per heavy atom. The van der Waals surface area contributed by atoms with Crippen LogP contribution >= 0.6 is 0 Å². The number of hydroxylamine groups is 2. The fraction of sp³-hybridized carbons (Fsp3) is 0.294. The summed E-state index contributed by atoms with van der Waals surface area (Å²) < 4.78 is 43.1. The molecule has 3 atom stereocenters. The molecule has 4 aromatic rings. The monoisotopic (exact) mass is 646 g/mol. The summed E-state index contributed by atoms with van der Waals surface area (Å²) in [5.74, 6) is -6.58. The predicted octanol–water partition coefficient (Wildman–Crippen LogP) is 4.34. The number of amides is 3. The summed E-state index contributed by atoms with van der Waals surface area (Å²) in [7, 11) is 0. The van der Waals surface area contributed by atoms with Gasteiger partial charge in [-0.2, -0.15) is 0 Å². The zero-order chi connectivity index (χ0) is 33.2. The van der Waals surface area contributed by atoms with Crippen LogP contribution in [0.3, 0.4) is 0 Å². The van der Waals surface area contributed by atoms with Crippen molar-refractivity contribution in [2.24, 2.45) is 0 Å². The third kappa shape index (κ3) is 5.10. The molecule has 1 spiro atoms. The highest BCUT2D eigenvalue weighted by Crippen LogP contribution is 2.47. The van der Waals surface area contributed by atoms with Crippen molar-refractivity contribution in [1.29, 1.82) is 0 Å². The van der Waals surface area contributed by atoms with Gasteiger partial charge in [-0.3, -0.25) is 24.0 Å². The molecule has 2 saturated heterocycles. The first-order chi connectivity index (χ1) is 22.5. The lowest BCUT2D eigenvalue weighted by molar-refractivity contribution is -0.218. The molecule has 3 aliphatic heterocycles. The van der Waals surface area contributed by atoms with Crippen LogP contribution in [-0.4, -0.2) is 55.5 Å². The Balaban J connectivity index is 1.23. The maximum absolute atomic E-state index is 14.2. The van der Waals surface area contributed by atoms with Crippen molar-refractivity contribution in [2.75, 3.05) is 6.54 Å². The standard InChI is InChI=1S/C34H29F3N4O6/c1-18-8-9-34(13-28(42)41(47-34)15-19-6-7-20-4-2-3-5-21(20)10-19)27-17-39(18)33(46)29-31(44)30(43)24(16-40(27)29)32(45)38-14-23-25(36)11-22(35)12-26(23)37/h2-7,10-12,16,18,27,44H,8-9,13-15,17H2,1H3,(H,38,45)/t18-,27+,34-/m0/s1. The van der Waals surface area contributed by atoms with E-state index in [0.29, 0.717) is 25.0 Å². The molecule has 7 rings (SSSR count). The first-order valence-corrected chi connectivity index (χ1v) is 15.1. The zero-order valence-electron chi connectivity index (χ0n) is 25.1. The van der Waals surface area contributed by atoms with Gasteiger partial charge in [0.15, 0.2) is 11.4 Å². The van der Waals surface area contributed by atoms with E-state index in [-0.39, 0.29) is 37.2 Å². The Hall–Kier alpha value is -5.17. The summed E-state index contributed by atoms with van der Waals surface area (Å²) in [6, 6.07) is 13.5.